The summed E-state index contributed by atoms with van der Waals surface area (Å²) in [6.45, 7) is 0.149. The first kappa shape index (κ1) is 20.0. The number of esters is 1. The van der Waals surface area contributed by atoms with Crippen molar-refractivity contribution < 1.29 is 23.6 Å². The highest BCUT2D eigenvalue weighted by atomic mass is 19.1. The van der Waals surface area contributed by atoms with Crippen LogP contribution in [0.15, 0.2) is 83.5 Å². The van der Waals surface area contributed by atoms with Crippen molar-refractivity contribution in [2.24, 2.45) is 4.99 Å². The molecule has 0 bridgehead atoms. The lowest BCUT2D eigenvalue weighted by atomic mass is 10.2. The number of nitro groups is 1. The minimum Gasteiger partial charge on any atom is -0.489 e. The van der Waals surface area contributed by atoms with Gasteiger partial charge in [-0.2, -0.15) is 0 Å². The van der Waals surface area contributed by atoms with Gasteiger partial charge in [-0.1, -0.05) is 24.3 Å². The number of hydrogen-bond donors (Lipinski definition) is 0. The SMILES string of the molecule is O=C1OC(c2ccc(F)cc2)=N/C1=C\c1cccc(OCc2cccc([N+](=O)[O-])c2)c1. The molecule has 3 aromatic rings. The summed E-state index contributed by atoms with van der Waals surface area (Å²) >= 11 is 0. The van der Waals surface area contributed by atoms with E-state index in [0.29, 0.717) is 22.4 Å². The van der Waals surface area contributed by atoms with Crippen molar-refractivity contribution in [1.29, 1.82) is 0 Å². The van der Waals surface area contributed by atoms with Crippen LogP contribution in [-0.2, 0) is 16.1 Å². The van der Waals surface area contributed by atoms with Crippen LogP contribution in [0.2, 0.25) is 0 Å². The van der Waals surface area contributed by atoms with Crippen molar-refractivity contribution >= 4 is 23.6 Å². The summed E-state index contributed by atoms with van der Waals surface area (Å²) in [5.74, 6) is -0.377. The van der Waals surface area contributed by atoms with Crippen LogP contribution in [0, 0.1) is 15.9 Å². The third-order valence-electron chi connectivity index (χ3n) is 4.40. The first-order valence-corrected chi connectivity index (χ1v) is 9.23. The van der Waals surface area contributed by atoms with Crippen molar-refractivity contribution in [3.8, 4) is 5.75 Å². The molecule has 1 aliphatic rings. The van der Waals surface area contributed by atoms with Crippen LogP contribution in [0.3, 0.4) is 0 Å². The molecule has 0 saturated heterocycles. The number of nitro benzene ring substituents is 1. The van der Waals surface area contributed by atoms with E-state index in [1.807, 2.05) is 0 Å². The molecule has 0 aliphatic carbocycles. The molecule has 0 fully saturated rings. The lowest BCUT2D eigenvalue weighted by molar-refractivity contribution is -0.384. The number of aliphatic imine (C=N–C) groups is 1. The van der Waals surface area contributed by atoms with E-state index in [1.54, 1.807) is 42.5 Å². The maximum atomic E-state index is 13.1. The Labute approximate surface area is 176 Å². The van der Waals surface area contributed by atoms with E-state index >= 15 is 0 Å². The zero-order chi connectivity index (χ0) is 21.8. The summed E-state index contributed by atoms with van der Waals surface area (Å²) in [7, 11) is 0. The summed E-state index contributed by atoms with van der Waals surface area (Å²) in [5, 5.41) is 10.9. The normalized spacial score (nSPS) is 14.3. The number of hydrogen-bond acceptors (Lipinski definition) is 6. The average molecular weight is 418 g/mol. The van der Waals surface area contributed by atoms with Crippen molar-refractivity contribution in [1.82, 2.24) is 0 Å². The van der Waals surface area contributed by atoms with E-state index in [0.717, 1.165) is 0 Å². The van der Waals surface area contributed by atoms with Crippen LogP contribution in [0.4, 0.5) is 10.1 Å². The molecule has 0 amide bonds. The molecule has 3 aromatic carbocycles. The van der Waals surface area contributed by atoms with Crippen molar-refractivity contribution in [2.45, 2.75) is 6.61 Å². The van der Waals surface area contributed by atoms with Crippen LogP contribution in [0.25, 0.3) is 6.08 Å². The zero-order valence-corrected chi connectivity index (χ0v) is 16.0. The maximum absolute atomic E-state index is 13.1. The minimum atomic E-state index is -0.609. The number of rotatable bonds is 6. The van der Waals surface area contributed by atoms with Crippen LogP contribution in [0.1, 0.15) is 16.7 Å². The quantitative estimate of drug-likeness (QED) is 0.251. The molecule has 31 heavy (non-hydrogen) atoms. The molecule has 0 aromatic heterocycles. The number of halogens is 1. The van der Waals surface area contributed by atoms with E-state index in [4.69, 9.17) is 9.47 Å². The Morgan fingerprint density at radius 2 is 1.84 bits per heavy atom. The van der Waals surface area contributed by atoms with Gasteiger partial charge in [0.25, 0.3) is 5.69 Å². The molecule has 4 rings (SSSR count). The zero-order valence-electron chi connectivity index (χ0n) is 16.0. The smallest absolute Gasteiger partial charge is 0.363 e. The Morgan fingerprint density at radius 3 is 2.61 bits per heavy atom. The molecule has 0 unspecified atom stereocenters. The van der Waals surface area contributed by atoms with Gasteiger partial charge in [-0.05, 0) is 53.6 Å². The minimum absolute atomic E-state index is 0.00542. The molecular weight excluding hydrogens is 403 g/mol. The second-order valence-corrected chi connectivity index (χ2v) is 6.63. The molecular formula is C23H15FN2O5. The first-order valence-electron chi connectivity index (χ1n) is 9.23. The maximum Gasteiger partial charge on any atom is 0.363 e. The van der Waals surface area contributed by atoms with Gasteiger partial charge >= 0.3 is 5.97 Å². The molecule has 0 N–H and O–H groups in total. The van der Waals surface area contributed by atoms with Gasteiger partial charge in [0.1, 0.15) is 18.2 Å². The molecule has 0 radical (unpaired) electrons. The highest BCUT2D eigenvalue weighted by molar-refractivity contribution is 6.12. The second-order valence-electron chi connectivity index (χ2n) is 6.63. The van der Waals surface area contributed by atoms with Crippen LogP contribution >= 0.6 is 0 Å². The lowest BCUT2D eigenvalue weighted by Crippen LogP contribution is -2.05. The van der Waals surface area contributed by atoms with Crippen LogP contribution in [0.5, 0.6) is 5.75 Å². The van der Waals surface area contributed by atoms with E-state index in [2.05, 4.69) is 4.99 Å². The number of carbonyl (C=O) groups is 1. The van der Waals surface area contributed by atoms with E-state index in [-0.39, 0.29) is 23.9 Å². The molecule has 1 heterocycles. The topological polar surface area (TPSA) is 91.0 Å². The van der Waals surface area contributed by atoms with Gasteiger partial charge in [0, 0.05) is 17.7 Å². The van der Waals surface area contributed by atoms with Crippen molar-refractivity contribution in [2.75, 3.05) is 0 Å². The van der Waals surface area contributed by atoms with Gasteiger partial charge in [0.05, 0.1) is 4.92 Å². The number of cyclic esters (lactones) is 1. The summed E-state index contributed by atoms with van der Waals surface area (Å²) in [6.07, 6.45) is 1.55. The highest BCUT2D eigenvalue weighted by Crippen LogP contribution is 2.22. The predicted molar refractivity (Wildman–Crippen MR) is 111 cm³/mol. The number of benzene rings is 3. The van der Waals surface area contributed by atoms with Gasteiger partial charge in [-0.3, -0.25) is 10.1 Å². The average Bonchev–Trinajstić information content (AvgIpc) is 3.13. The van der Waals surface area contributed by atoms with Gasteiger partial charge in [0.15, 0.2) is 5.70 Å². The van der Waals surface area contributed by atoms with Gasteiger partial charge in [0.2, 0.25) is 5.90 Å². The molecule has 0 atom stereocenters. The number of nitrogens with zero attached hydrogens (tertiary/aromatic N) is 2. The van der Waals surface area contributed by atoms with Crippen LogP contribution in [-0.4, -0.2) is 16.8 Å². The third kappa shape index (κ3) is 4.81. The monoisotopic (exact) mass is 418 g/mol. The Hall–Kier alpha value is -4.33. The second kappa shape index (κ2) is 8.58. The Balaban J connectivity index is 1.49. The predicted octanol–water partition coefficient (Wildman–Crippen LogP) is 4.66. The standard InChI is InChI=1S/C23H15FN2O5/c24-18-9-7-17(8-10-18)22-25-21(23(27)31-22)13-15-3-2-6-20(12-15)30-14-16-4-1-5-19(11-16)26(28)29/h1-13H,14H2/b21-13-. The Kier molecular flexibility index (Phi) is 5.53. The number of ether oxygens (including phenoxy) is 2. The fraction of sp³-hybridized carbons (Fsp3) is 0.0435. The van der Waals surface area contributed by atoms with Gasteiger partial charge < -0.3 is 9.47 Å². The van der Waals surface area contributed by atoms with Crippen molar-refractivity contribution in [3.05, 3.63) is 111 Å². The van der Waals surface area contributed by atoms with Crippen LogP contribution < -0.4 is 4.74 Å². The molecule has 0 spiro atoms. The Morgan fingerprint density at radius 1 is 1.06 bits per heavy atom. The first-order chi connectivity index (χ1) is 15.0. The molecule has 1 aliphatic heterocycles. The number of non-ortho nitro benzene ring substituents is 1. The molecule has 154 valence electrons. The molecule has 0 saturated carbocycles. The molecule has 7 nitrogen and oxygen atoms in total. The molecule has 8 heteroatoms. The summed E-state index contributed by atoms with van der Waals surface area (Å²) < 4.78 is 24.0. The highest BCUT2D eigenvalue weighted by Gasteiger charge is 2.24. The van der Waals surface area contributed by atoms with E-state index in [9.17, 15) is 19.3 Å². The third-order valence-corrected chi connectivity index (χ3v) is 4.40. The summed E-state index contributed by atoms with van der Waals surface area (Å²) in [6, 6.07) is 18.6. The summed E-state index contributed by atoms with van der Waals surface area (Å²) in [4.78, 5) is 26.8. The number of carbonyl (C=O) groups excluding carboxylic acids is 1. The van der Waals surface area contributed by atoms with Gasteiger partial charge in [-0.15, -0.1) is 0 Å². The summed E-state index contributed by atoms with van der Waals surface area (Å²) in [5.41, 5.74) is 1.91. The fourth-order valence-corrected chi connectivity index (χ4v) is 2.90. The van der Waals surface area contributed by atoms with E-state index in [1.165, 1.54) is 36.4 Å². The Bertz CT molecular complexity index is 1220. The largest absolute Gasteiger partial charge is 0.489 e. The fourth-order valence-electron chi connectivity index (χ4n) is 2.90. The van der Waals surface area contributed by atoms with Gasteiger partial charge in [-0.25, -0.2) is 14.2 Å². The van der Waals surface area contributed by atoms with Crippen molar-refractivity contribution in [3.63, 3.8) is 0 Å². The lowest BCUT2D eigenvalue weighted by Gasteiger charge is -2.07. The van der Waals surface area contributed by atoms with E-state index < -0.39 is 16.7 Å².